The van der Waals surface area contributed by atoms with Crippen molar-refractivity contribution in [1.82, 2.24) is 9.80 Å². The van der Waals surface area contributed by atoms with Crippen LogP contribution in [0.5, 0.6) is 0 Å². The van der Waals surface area contributed by atoms with Crippen LogP contribution < -0.4 is 0 Å². The van der Waals surface area contributed by atoms with Crippen molar-refractivity contribution >= 4 is 5.97 Å². The van der Waals surface area contributed by atoms with E-state index in [-0.39, 0.29) is 12.1 Å². The van der Waals surface area contributed by atoms with Crippen LogP contribution >= 0.6 is 0 Å². The molecule has 2 saturated heterocycles. The molecule has 2 fully saturated rings. The molecule has 0 N–H and O–H groups in total. The first-order chi connectivity index (χ1) is 9.47. The summed E-state index contributed by atoms with van der Waals surface area (Å²) in [5, 5.41) is 0. The van der Waals surface area contributed by atoms with Crippen LogP contribution in [-0.4, -0.2) is 80.1 Å². The molecule has 0 unspecified atom stereocenters. The van der Waals surface area contributed by atoms with Crippen LogP contribution in [-0.2, 0) is 19.0 Å². The fourth-order valence-electron chi connectivity index (χ4n) is 2.53. The second kappa shape index (κ2) is 6.85. The molecule has 0 aliphatic carbocycles. The van der Waals surface area contributed by atoms with Crippen LogP contribution in [0.3, 0.4) is 0 Å². The van der Waals surface area contributed by atoms with E-state index in [1.807, 2.05) is 20.8 Å². The molecule has 6 nitrogen and oxygen atoms in total. The number of esters is 1. The zero-order chi connectivity index (χ0) is 14.6. The average molecular weight is 286 g/mol. The van der Waals surface area contributed by atoms with Crippen LogP contribution in [0.4, 0.5) is 0 Å². The van der Waals surface area contributed by atoms with Crippen LogP contribution in [0, 0.1) is 0 Å². The van der Waals surface area contributed by atoms with Gasteiger partial charge in [-0.25, -0.2) is 4.79 Å². The third-order valence-electron chi connectivity index (χ3n) is 3.40. The van der Waals surface area contributed by atoms with Gasteiger partial charge in [0.25, 0.3) is 0 Å². The van der Waals surface area contributed by atoms with E-state index >= 15 is 0 Å². The fourth-order valence-corrected chi connectivity index (χ4v) is 2.53. The maximum Gasteiger partial charge on any atom is 0.339 e. The molecule has 2 rings (SSSR count). The highest BCUT2D eigenvalue weighted by atomic mass is 16.6. The summed E-state index contributed by atoms with van der Waals surface area (Å²) in [6, 6.07) is 0. The molecular formula is C14H26N2O4. The number of hydrogen-bond acceptors (Lipinski definition) is 6. The molecule has 0 aromatic heterocycles. The molecule has 0 amide bonds. The van der Waals surface area contributed by atoms with Gasteiger partial charge in [0, 0.05) is 26.2 Å². The van der Waals surface area contributed by atoms with Crippen LogP contribution in [0.2, 0.25) is 0 Å². The summed E-state index contributed by atoms with van der Waals surface area (Å²) in [4.78, 5) is 16.9. The summed E-state index contributed by atoms with van der Waals surface area (Å²) in [6.45, 7) is 11.5. The van der Waals surface area contributed by atoms with Gasteiger partial charge in [0.05, 0.1) is 26.4 Å². The van der Waals surface area contributed by atoms with Crippen molar-refractivity contribution in [1.29, 1.82) is 0 Å². The van der Waals surface area contributed by atoms with E-state index in [9.17, 15) is 4.79 Å². The smallest absolute Gasteiger partial charge is 0.339 e. The number of morpholine rings is 2. The highest BCUT2D eigenvalue weighted by Crippen LogP contribution is 2.17. The second-order valence-corrected chi connectivity index (χ2v) is 6.20. The van der Waals surface area contributed by atoms with Crippen molar-refractivity contribution in [2.24, 2.45) is 0 Å². The molecule has 0 spiro atoms. The fraction of sp³-hybridized carbons (Fsp3) is 0.929. The van der Waals surface area contributed by atoms with Crippen molar-refractivity contribution in [3.63, 3.8) is 0 Å². The maximum atomic E-state index is 12.6. The van der Waals surface area contributed by atoms with Gasteiger partial charge in [0.1, 0.15) is 5.60 Å². The minimum Gasteiger partial charge on any atom is -0.458 e. The van der Waals surface area contributed by atoms with Crippen molar-refractivity contribution in [3.8, 4) is 0 Å². The second-order valence-electron chi connectivity index (χ2n) is 6.20. The highest BCUT2D eigenvalue weighted by molar-refractivity contribution is 5.75. The molecule has 0 saturated carbocycles. The van der Waals surface area contributed by atoms with Gasteiger partial charge in [0.2, 0.25) is 0 Å². The zero-order valence-corrected chi connectivity index (χ0v) is 12.8. The Bertz CT molecular complexity index is 300. The summed E-state index contributed by atoms with van der Waals surface area (Å²) in [7, 11) is 0. The van der Waals surface area contributed by atoms with Crippen molar-refractivity contribution in [2.75, 3.05) is 52.6 Å². The number of hydrogen-bond donors (Lipinski definition) is 0. The van der Waals surface area contributed by atoms with E-state index in [0.29, 0.717) is 26.4 Å². The lowest BCUT2D eigenvalue weighted by molar-refractivity contribution is -0.175. The lowest BCUT2D eigenvalue weighted by atomic mass is 10.2. The van der Waals surface area contributed by atoms with Gasteiger partial charge in [-0.3, -0.25) is 9.80 Å². The van der Waals surface area contributed by atoms with Crippen molar-refractivity contribution in [2.45, 2.75) is 32.5 Å². The maximum absolute atomic E-state index is 12.6. The van der Waals surface area contributed by atoms with Gasteiger partial charge < -0.3 is 14.2 Å². The molecular weight excluding hydrogens is 260 g/mol. The first-order valence-corrected chi connectivity index (χ1v) is 7.34. The molecule has 6 heteroatoms. The minimum atomic E-state index is -0.464. The third-order valence-corrected chi connectivity index (χ3v) is 3.40. The van der Waals surface area contributed by atoms with E-state index in [1.165, 1.54) is 0 Å². The Kier molecular flexibility index (Phi) is 5.37. The predicted octanol–water partition coefficient (Wildman–Crippen LogP) is 0.319. The highest BCUT2D eigenvalue weighted by Gasteiger charge is 2.36. The van der Waals surface area contributed by atoms with Gasteiger partial charge in [0.15, 0.2) is 6.17 Å². The van der Waals surface area contributed by atoms with Gasteiger partial charge in [-0.15, -0.1) is 0 Å². The molecule has 2 aliphatic heterocycles. The molecule has 0 bridgehead atoms. The van der Waals surface area contributed by atoms with Crippen LogP contribution in [0.25, 0.3) is 0 Å². The topological polar surface area (TPSA) is 51.2 Å². The Morgan fingerprint density at radius 2 is 1.35 bits per heavy atom. The summed E-state index contributed by atoms with van der Waals surface area (Å²) in [5.41, 5.74) is -0.464. The molecule has 2 aliphatic rings. The lowest BCUT2D eigenvalue weighted by Crippen LogP contribution is -2.60. The molecule has 0 radical (unpaired) electrons. The Morgan fingerprint density at radius 1 is 0.950 bits per heavy atom. The lowest BCUT2D eigenvalue weighted by Gasteiger charge is -2.41. The first kappa shape index (κ1) is 15.7. The van der Waals surface area contributed by atoms with Crippen molar-refractivity contribution in [3.05, 3.63) is 0 Å². The number of carbonyl (C=O) groups is 1. The van der Waals surface area contributed by atoms with E-state index in [0.717, 1.165) is 26.2 Å². The molecule has 0 atom stereocenters. The number of carbonyl (C=O) groups excluding carboxylic acids is 1. The predicted molar refractivity (Wildman–Crippen MR) is 74.4 cm³/mol. The number of rotatable bonds is 3. The van der Waals surface area contributed by atoms with E-state index in [1.54, 1.807) is 0 Å². The summed E-state index contributed by atoms with van der Waals surface area (Å²) < 4.78 is 16.4. The molecule has 2 heterocycles. The minimum absolute atomic E-state index is 0.165. The molecule has 20 heavy (non-hydrogen) atoms. The number of ether oxygens (including phenoxy) is 3. The van der Waals surface area contributed by atoms with Gasteiger partial charge in [-0.05, 0) is 20.8 Å². The van der Waals surface area contributed by atoms with E-state index in [2.05, 4.69) is 9.80 Å². The van der Waals surface area contributed by atoms with Crippen LogP contribution in [0.15, 0.2) is 0 Å². The Balaban J connectivity index is 2.07. The summed E-state index contributed by atoms with van der Waals surface area (Å²) in [6.07, 6.45) is -0.318. The monoisotopic (exact) mass is 286 g/mol. The van der Waals surface area contributed by atoms with Gasteiger partial charge in [-0.1, -0.05) is 0 Å². The Hall–Kier alpha value is -0.690. The number of nitrogens with zero attached hydrogens (tertiary/aromatic N) is 2. The summed E-state index contributed by atoms with van der Waals surface area (Å²) >= 11 is 0. The SMILES string of the molecule is CC(C)(C)OC(=O)C(N1CCOCC1)N1CCOCC1. The Morgan fingerprint density at radius 3 is 1.70 bits per heavy atom. The molecule has 0 aromatic rings. The molecule has 116 valence electrons. The van der Waals surface area contributed by atoms with Gasteiger partial charge in [-0.2, -0.15) is 0 Å². The van der Waals surface area contributed by atoms with Gasteiger partial charge >= 0.3 is 5.97 Å². The average Bonchev–Trinajstić information content (AvgIpc) is 2.39. The quantitative estimate of drug-likeness (QED) is 0.697. The standard InChI is InChI=1S/C14H26N2O4/c1-14(2,3)20-13(17)12(15-4-8-18-9-5-15)16-6-10-19-11-7-16/h12H,4-11H2,1-3H3. The summed E-state index contributed by atoms with van der Waals surface area (Å²) in [5.74, 6) is -0.165. The first-order valence-electron chi connectivity index (χ1n) is 7.34. The Labute approximate surface area is 120 Å². The van der Waals surface area contributed by atoms with Crippen LogP contribution in [0.1, 0.15) is 20.8 Å². The largest absolute Gasteiger partial charge is 0.458 e. The third kappa shape index (κ3) is 4.41. The zero-order valence-electron chi connectivity index (χ0n) is 12.8. The normalized spacial score (nSPS) is 23.0. The van der Waals surface area contributed by atoms with E-state index < -0.39 is 5.60 Å². The van der Waals surface area contributed by atoms with E-state index in [4.69, 9.17) is 14.2 Å². The van der Waals surface area contributed by atoms with Crippen molar-refractivity contribution < 1.29 is 19.0 Å². The molecule has 0 aromatic carbocycles.